The molecule has 9 heteroatoms. The Balaban J connectivity index is 1.77. The zero-order valence-electron chi connectivity index (χ0n) is 12.9. The van der Waals surface area contributed by atoms with Gasteiger partial charge in [-0.3, -0.25) is 4.79 Å². The summed E-state index contributed by atoms with van der Waals surface area (Å²) in [7, 11) is 0. The van der Waals surface area contributed by atoms with Crippen molar-refractivity contribution in [3.05, 3.63) is 52.4 Å². The number of carbonyl (C=O) groups is 1. The zero-order chi connectivity index (χ0) is 18.0. The van der Waals surface area contributed by atoms with Crippen LogP contribution in [-0.4, -0.2) is 33.9 Å². The number of fused-ring (bicyclic) bond motifs is 1. The molecule has 3 heterocycles. The van der Waals surface area contributed by atoms with E-state index in [1.165, 1.54) is 4.90 Å². The van der Waals surface area contributed by atoms with Crippen LogP contribution in [0, 0.1) is 0 Å². The summed E-state index contributed by atoms with van der Waals surface area (Å²) in [5.74, 6) is 0.0984. The fourth-order valence-corrected chi connectivity index (χ4v) is 2.72. The molecule has 0 spiro atoms. The Kier molecular flexibility index (Phi) is 4.80. The molecule has 0 aliphatic carbocycles. The normalized spacial score (nSPS) is 14.5. The maximum Gasteiger partial charge on any atom is 0.416 e. The van der Waals surface area contributed by atoms with Crippen molar-refractivity contribution < 1.29 is 22.7 Å². The Morgan fingerprint density at radius 3 is 2.92 bits per heavy atom. The van der Waals surface area contributed by atoms with E-state index in [9.17, 15) is 18.0 Å². The first-order valence-corrected chi connectivity index (χ1v) is 7.79. The first-order chi connectivity index (χ1) is 11.8. The Hall–Kier alpha value is -2.35. The number of halogens is 4. The molecule has 1 aliphatic heterocycles. The van der Waals surface area contributed by atoms with E-state index in [0.29, 0.717) is 12.4 Å². The molecule has 0 aromatic carbocycles. The van der Waals surface area contributed by atoms with E-state index in [1.807, 2.05) is 0 Å². The summed E-state index contributed by atoms with van der Waals surface area (Å²) in [5.41, 5.74) is -0.214. The lowest BCUT2D eigenvalue weighted by Crippen LogP contribution is -2.33. The molecular weight excluding hydrogens is 359 g/mol. The van der Waals surface area contributed by atoms with Crippen LogP contribution in [-0.2, 0) is 23.9 Å². The third kappa shape index (κ3) is 4.19. The third-order valence-electron chi connectivity index (χ3n) is 3.67. The van der Waals surface area contributed by atoms with Crippen molar-refractivity contribution in [1.82, 2.24) is 14.9 Å². The molecule has 132 valence electrons. The monoisotopic (exact) mass is 371 g/mol. The van der Waals surface area contributed by atoms with Gasteiger partial charge in [0, 0.05) is 11.8 Å². The predicted molar refractivity (Wildman–Crippen MR) is 83.1 cm³/mol. The SMILES string of the molecule is O=C(Cc1cc(C(F)(F)F)cc(Cl)n1)N1CCOc2ncccc2C1. The lowest BCUT2D eigenvalue weighted by molar-refractivity contribution is -0.138. The van der Waals surface area contributed by atoms with E-state index in [1.54, 1.807) is 18.3 Å². The van der Waals surface area contributed by atoms with Crippen molar-refractivity contribution in [2.75, 3.05) is 13.2 Å². The Labute approximate surface area is 146 Å². The topological polar surface area (TPSA) is 55.3 Å². The van der Waals surface area contributed by atoms with Gasteiger partial charge in [-0.05, 0) is 18.2 Å². The first kappa shape index (κ1) is 17.5. The summed E-state index contributed by atoms with van der Waals surface area (Å²) >= 11 is 5.65. The highest BCUT2D eigenvalue weighted by Crippen LogP contribution is 2.31. The molecule has 3 rings (SSSR count). The second-order valence-electron chi connectivity index (χ2n) is 5.48. The summed E-state index contributed by atoms with van der Waals surface area (Å²) in [6, 6.07) is 5.09. The van der Waals surface area contributed by atoms with Gasteiger partial charge in [-0.15, -0.1) is 0 Å². The molecule has 2 aromatic rings. The van der Waals surface area contributed by atoms with Crippen molar-refractivity contribution >= 4 is 17.5 Å². The Bertz CT molecular complexity index is 798. The molecule has 2 aromatic heterocycles. The fraction of sp³-hybridized carbons (Fsp3) is 0.312. The molecule has 0 bridgehead atoms. The van der Waals surface area contributed by atoms with Gasteiger partial charge in [0.15, 0.2) is 0 Å². The molecule has 0 fully saturated rings. The van der Waals surface area contributed by atoms with Crippen LogP contribution in [0.25, 0.3) is 0 Å². The van der Waals surface area contributed by atoms with Gasteiger partial charge in [-0.1, -0.05) is 17.7 Å². The standard InChI is InChI=1S/C16H13ClF3N3O2/c17-13-7-11(16(18,19)20)6-12(22-13)8-14(24)23-4-5-25-15-10(9-23)2-1-3-21-15/h1-3,6-7H,4-5,8-9H2. The number of hydrogen-bond donors (Lipinski definition) is 0. The van der Waals surface area contributed by atoms with E-state index < -0.39 is 11.7 Å². The van der Waals surface area contributed by atoms with Gasteiger partial charge in [0.25, 0.3) is 0 Å². The fourth-order valence-electron chi connectivity index (χ4n) is 2.50. The number of pyridine rings is 2. The highest BCUT2D eigenvalue weighted by molar-refractivity contribution is 6.29. The van der Waals surface area contributed by atoms with Gasteiger partial charge in [-0.2, -0.15) is 13.2 Å². The molecule has 5 nitrogen and oxygen atoms in total. The smallest absolute Gasteiger partial charge is 0.416 e. The molecule has 0 atom stereocenters. The Morgan fingerprint density at radius 1 is 1.36 bits per heavy atom. The van der Waals surface area contributed by atoms with Crippen LogP contribution in [0.2, 0.25) is 5.15 Å². The molecule has 0 saturated carbocycles. The minimum Gasteiger partial charge on any atom is -0.476 e. The third-order valence-corrected chi connectivity index (χ3v) is 3.86. The minimum atomic E-state index is -4.55. The molecule has 0 N–H and O–H groups in total. The second-order valence-corrected chi connectivity index (χ2v) is 5.86. The molecule has 1 amide bonds. The number of rotatable bonds is 2. The molecule has 0 saturated heterocycles. The quantitative estimate of drug-likeness (QED) is 0.761. The van der Waals surface area contributed by atoms with Gasteiger partial charge in [0.2, 0.25) is 11.8 Å². The van der Waals surface area contributed by atoms with Crippen molar-refractivity contribution in [2.45, 2.75) is 19.1 Å². The van der Waals surface area contributed by atoms with Crippen molar-refractivity contribution in [1.29, 1.82) is 0 Å². The lowest BCUT2D eigenvalue weighted by atomic mass is 10.1. The summed E-state index contributed by atoms with van der Waals surface area (Å²) < 4.78 is 44.0. The molecule has 25 heavy (non-hydrogen) atoms. The lowest BCUT2D eigenvalue weighted by Gasteiger charge is -2.19. The van der Waals surface area contributed by atoms with Crippen LogP contribution in [0.4, 0.5) is 13.2 Å². The minimum absolute atomic E-state index is 0.0265. The number of alkyl halides is 3. The van der Waals surface area contributed by atoms with Crippen LogP contribution in [0.1, 0.15) is 16.8 Å². The van der Waals surface area contributed by atoms with Crippen molar-refractivity contribution in [3.63, 3.8) is 0 Å². The summed E-state index contributed by atoms with van der Waals surface area (Å²) in [6.07, 6.45) is -3.24. The summed E-state index contributed by atoms with van der Waals surface area (Å²) in [6.45, 7) is 0.836. The highest BCUT2D eigenvalue weighted by atomic mass is 35.5. The van der Waals surface area contributed by atoms with Crippen LogP contribution in [0.5, 0.6) is 5.88 Å². The average Bonchev–Trinajstić information content (AvgIpc) is 2.75. The molecule has 0 unspecified atom stereocenters. The number of carbonyl (C=O) groups excluding carboxylic acids is 1. The van der Waals surface area contributed by atoms with Gasteiger partial charge in [-0.25, -0.2) is 9.97 Å². The maximum atomic E-state index is 12.9. The van der Waals surface area contributed by atoms with Crippen LogP contribution in [0.3, 0.4) is 0 Å². The number of hydrogen-bond acceptors (Lipinski definition) is 4. The molecule has 1 aliphatic rings. The van der Waals surface area contributed by atoms with E-state index in [2.05, 4.69) is 9.97 Å². The maximum absolute atomic E-state index is 12.9. The van der Waals surface area contributed by atoms with Gasteiger partial charge >= 0.3 is 6.18 Å². The van der Waals surface area contributed by atoms with E-state index in [-0.39, 0.29) is 36.3 Å². The van der Waals surface area contributed by atoms with Gasteiger partial charge in [0.05, 0.1) is 30.8 Å². The predicted octanol–water partition coefficient (Wildman–Crippen LogP) is 3.11. The van der Waals surface area contributed by atoms with Gasteiger partial charge < -0.3 is 9.64 Å². The highest BCUT2D eigenvalue weighted by Gasteiger charge is 2.32. The largest absolute Gasteiger partial charge is 0.476 e. The zero-order valence-corrected chi connectivity index (χ0v) is 13.6. The number of ether oxygens (including phenoxy) is 1. The second kappa shape index (κ2) is 6.87. The summed E-state index contributed by atoms with van der Waals surface area (Å²) in [4.78, 5) is 21.9. The number of amides is 1. The molecule has 0 radical (unpaired) electrons. The first-order valence-electron chi connectivity index (χ1n) is 7.41. The van der Waals surface area contributed by atoms with E-state index in [0.717, 1.165) is 17.7 Å². The average molecular weight is 372 g/mol. The Morgan fingerprint density at radius 2 is 2.16 bits per heavy atom. The van der Waals surface area contributed by atoms with Gasteiger partial charge in [0.1, 0.15) is 11.8 Å². The summed E-state index contributed by atoms with van der Waals surface area (Å²) in [5, 5.41) is -0.300. The van der Waals surface area contributed by atoms with E-state index in [4.69, 9.17) is 16.3 Å². The number of aromatic nitrogens is 2. The van der Waals surface area contributed by atoms with Crippen molar-refractivity contribution in [3.8, 4) is 5.88 Å². The molecular formula is C16H13ClF3N3O2. The van der Waals surface area contributed by atoms with E-state index >= 15 is 0 Å². The van der Waals surface area contributed by atoms with Crippen LogP contribution >= 0.6 is 11.6 Å². The van der Waals surface area contributed by atoms with Crippen LogP contribution < -0.4 is 4.74 Å². The van der Waals surface area contributed by atoms with Crippen LogP contribution in [0.15, 0.2) is 30.5 Å². The van der Waals surface area contributed by atoms with Crippen molar-refractivity contribution in [2.24, 2.45) is 0 Å². The number of nitrogens with zero attached hydrogens (tertiary/aromatic N) is 3.